The van der Waals surface area contributed by atoms with E-state index in [1.165, 1.54) is 21.3 Å². The van der Waals surface area contributed by atoms with Crippen molar-refractivity contribution in [1.82, 2.24) is 5.32 Å². The van der Waals surface area contributed by atoms with Crippen LogP contribution in [0.4, 0.5) is 0 Å². The molecule has 0 fully saturated rings. The van der Waals surface area contributed by atoms with Crippen LogP contribution in [-0.2, 0) is 14.3 Å². The van der Waals surface area contributed by atoms with Crippen LogP contribution < -0.4 is 5.32 Å². The fourth-order valence-corrected chi connectivity index (χ4v) is 2.31. The minimum Gasteiger partial charge on any atom is -0.359 e. The summed E-state index contributed by atoms with van der Waals surface area (Å²) in [6.45, 7) is 1.68. The number of carbonyl (C=O) groups is 1. The number of nitro groups is 1. The van der Waals surface area contributed by atoms with Gasteiger partial charge in [0.2, 0.25) is 5.91 Å². The van der Waals surface area contributed by atoms with E-state index in [0.717, 1.165) is 0 Å². The minimum atomic E-state index is -0.548. The van der Waals surface area contributed by atoms with Crippen molar-refractivity contribution in [2.45, 2.75) is 19.6 Å². The molecule has 0 aromatic heterocycles. The summed E-state index contributed by atoms with van der Waals surface area (Å²) in [7, 11) is 4.47. The second-order valence-corrected chi connectivity index (χ2v) is 4.56. The number of nitrogens with zero attached hydrogens (tertiary/aromatic N) is 1. The van der Waals surface area contributed by atoms with Crippen molar-refractivity contribution in [1.29, 1.82) is 0 Å². The van der Waals surface area contributed by atoms with Crippen LogP contribution >= 0.6 is 0 Å². The van der Waals surface area contributed by atoms with Crippen LogP contribution in [0.1, 0.15) is 13.3 Å². The molecule has 0 heterocycles. The van der Waals surface area contributed by atoms with Crippen molar-refractivity contribution in [3.05, 3.63) is 33.5 Å². The number of nitrogens with one attached hydrogen (secondary N) is 1. The van der Waals surface area contributed by atoms with Gasteiger partial charge in [0.25, 0.3) is 5.70 Å². The molecule has 7 nitrogen and oxygen atoms in total. The Morgan fingerprint density at radius 2 is 2.10 bits per heavy atom. The maximum atomic E-state index is 11.7. The molecule has 0 saturated heterocycles. The number of methoxy groups -OCH3 is 2. The summed E-state index contributed by atoms with van der Waals surface area (Å²) in [5, 5.41) is 13.8. The molecule has 0 bridgehead atoms. The summed E-state index contributed by atoms with van der Waals surface area (Å²) in [5.41, 5.74) is 0.566. The standard InChI is InChI=1S/C13H20N2O5/c1-8-10(13(16)14-2)6-5-9(12(8)15(17)18)7-11(19-3)20-4/h5-6,8,10-11H,7H2,1-4H3,(H,14,16). The molecule has 0 aromatic carbocycles. The first kappa shape index (κ1) is 16.3. The Kier molecular flexibility index (Phi) is 5.84. The average molecular weight is 284 g/mol. The first-order valence-electron chi connectivity index (χ1n) is 6.29. The van der Waals surface area contributed by atoms with E-state index in [9.17, 15) is 14.9 Å². The minimum absolute atomic E-state index is 0.0419. The number of carbonyl (C=O) groups excluding carboxylic acids is 1. The second kappa shape index (κ2) is 7.16. The summed E-state index contributed by atoms with van der Waals surface area (Å²) < 4.78 is 10.1. The van der Waals surface area contributed by atoms with Gasteiger partial charge in [0, 0.05) is 33.3 Å². The van der Waals surface area contributed by atoms with Gasteiger partial charge in [-0.2, -0.15) is 0 Å². The highest BCUT2D eigenvalue weighted by molar-refractivity contribution is 5.81. The zero-order chi connectivity index (χ0) is 15.3. The second-order valence-electron chi connectivity index (χ2n) is 4.56. The Morgan fingerprint density at radius 1 is 1.50 bits per heavy atom. The predicted molar refractivity (Wildman–Crippen MR) is 72.3 cm³/mol. The summed E-state index contributed by atoms with van der Waals surface area (Å²) in [5.74, 6) is -1.27. The van der Waals surface area contributed by atoms with Gasteiger partial charge in [-0.1, -0.05) is 19.1 Å². The molecular weight excluding hydrogens is 264 g/mol. The molecular formula is C13H20N2O5. The van der Waals surface area contributed by atoms with Gasteiger partial charge in [-0.05, 0) is 0 Å². The lowest BCUT2D eigenvalue weighted by atomic mass is 9.82. The molecule has 0 saturated carbocycles. The van der Waals surface area contributed by atoms with E-state index < -0.39 is 23.0 Å². The maximum Gasteiger partial charge on any atom is 0.253 e. The van der Waals surface area contributed by atoms with Crippen LogP contribution in [0.25, 0.3) is 0 Å². The molecule has 112 valence electrons. The molecule has 0 aliphatic heterocycles. The third-order valence-electron chi connectivity index (χ3n) is 3.46. The molecule has 1 rings (SSSR count). The third kappa shape index (κ3) is 3.43. The zero-order valence-corrected chi connectivity index (χ0v) is 12.1. The van der Waals surface area contributed by atoms with Crippen molar-refractivity contribution in [3.63, 3.8) is 0 Å². The zero-order valence-electron chi connectivity index (χ0n) is 12.1. The molecule has 7 heteroatoms. The van der Waals surface area contributed by atoms with Crippen LogP contribution in [0, 0.1) is 22.0 Å². The Labute approximate surface area is 117 Å². The van der Waals surface area contributed by atoms with Gasteiger partial charge >= 0.3 is 0 Å². The maximum absolute atomic E-state index is 11.7. The van der Waals surface area contributed by atoms with E-state index in [-0.39, 0.29) is 18.0 Å². The quantitative estimate of drug-likeness (QED) is 0.448. The predicted octanol–water partition coefficient (Wildman–Crippen LogP) is 1.09. The van der Waals surface area contributed by atoms with Gasteiger partial charge in [0.1, 0.15) is 0 Å². The molecule has 1 N–H and O–H groups in total. The van der Waals surface area contributed by atoms with Gasteiger partial charge < -0.3 is 14.8 Å². The molecule has 2 atom stereocenters. The molecule has 20 heavy (non-hydrogen) atoms. The molecule has 1 aliphatic carbocycles. The lowest BCUT2D eigenvalue weighted by Crippen LogP contribution is -2.34. The number of ether oxygens (including phenoxy) is 2. The normalized spacial score (nSPS) is 22.2. The largest absolute Gasteiger partial charge is 0.359 e. The first-order chi connectivity index (χ1) is 9.46. The van der Waals surface area contributed by atoms with Gasteiger partial charge in [0.05, 0.1) is 16.8 Å². The lowest BCUT2D eigenvalue weighted by molar-refractivity contribution is -0.435. The van der Waals surface area contributed by atoms with E-state index in [0.29, 0.717) is 5.57 Å². The summed E-state index contributed by atoms with van der Waals surface area (Å²) in [6, 6.07) is 0. The van der Waals surface area contributed by atoms with Crippen LogP contribution in [0.15, 0.2) is 23.4 Å². The highest BCUT2D eigenvalue weighted by Crippen LogP contribution is 2.32. The van der Waals surface area contributed by atoms with Crippen molar-refractivity contribution in [3.8, 4) is 0 Å². The van der Waals surface area contributed by atoms with E-state index >= 15 is 0 Å². The van der Waals surface area contributed by atoms with Crippen LogP contribution in [0.3, 0.4) is 0 Å². The fourth-order valence-electron chi connectivity index (χ4n) is 2.31. The van der Waals surface area contributed by atoms with Gasteiger partial charge in [-0.3, -0.25) is 14.9 Å². The van der Waals surface area contributed by atoms with Crippen molar-refractivity contribution >= 4 is 5.91 Å². The molecule has 1 aliphatic rings. The molecule has 0 aromatic rings. The molecule has 1 amide bonds. The van der Waals surface area contributed by atoms with Crippen molar-refractivity contribution in [2.24, 2.45) is 11.8 Å². The monoisotopic (exact) mass is 284 g/mol. The number of allylic oxidation sites excluding steroid dienone is 2. The highest BCUT2D eigenvalue weighted by atomic mass is 16.7. The number of amides is 1. The molecule has 0 radical (unpaired) electrons. The first-order valence-corrected chi connectivity index (χ1v) is 6.29. The SMILES string of the molecule is CNC(=O)C1C=CC(CC(OC)OC)=C([N+](=O)[O-])C1C. The van der Waals surface area contributed by atoms with Crippen molar-refractivity contribution in [2.75, 3.05) is 21.3 Å². The highest BCUT2D eigenvalue weighted by Gasteiger charge is 2.37. The Morgan fingerprint density at radius 3 is 2.55 bits per heavy atom. The lowest BCUT2D eigenvalue weighted by Gasteiger charge is -2.24. The van der Waals surface area contributed by atoms with E-state index in [1.807, 2.05) is 0 Å². The Hall–Kier alpha value is -1.73. The number of hydrogen-bond acceptors (Lipinski definition) is 5. The fraction of sp³-hybridized carbons (Fsp3) is 0.615. The molecule has 0 spiro atoms. The Balaban J connectivity index is 3.07. The topological polar surface area (TPSA) is 90.7 Å². The average Bonchev–Trinajstić information content (AvgIpc) is 2.43. The summed E-state index contributed by atoms with van der Waals surface area (Å²) in [4.78, 5) is 22.6. The van der Waals surface area contributed by atoms with Crippen LogP contribution in [-0.4, -0.2) is 38.4 Å². The smallest absolute Gasteiger partial charge is 0.253 e. The van der Waals surface area contributed by atoms with E-state index in [1.54, 1.807) is 19.1 Å². The number of hydrogen-bond donors (Lipinski definition) is 1. The third-order valence-corrected chi connectivity index (χ3v) is 3.46. The van der Waals surface area contributed by atoms with E-state index in [2.05, 4.69) is 5.32 Å². The van der Waals surface area contributed by atoms with Crippen LogP contribution in [0.2, 0.25) is 0 Å². The van der Waals surface area contributed by atoms with Crippen LogP contribution in [0.5, 0.6) is 0 Å². The number of rotatable bonds is 6. The summed E-state index contributed by atoms with van der Waals surface area (Å²) >= 11 is 0. The van der Waals surface area contributed by atoms with Gasteiger partial charge in [0.15, 0.2) is 6.29 Å². The van der Waals surface area contributed by atoms with Gasteiger partial charge in [-0.25, -0.2) is 0 Å². The van der Waals surface area contributed by atoms with Crippen molar-refractivity contribution < 1.29 is 19.2 Å². The van der Waals surface area contributed by atoms with Gasteiger partial charge in [-0.15, -0.1) is 0 Å². The van der Waals surface area contributed by atoms with E-state index in [4.69, 9.17) is 9.47 Å². The molecule has 2 unspecified atom stereocenters. The summed E-state index contributed by atoms with van der Waals surface area (Å²) in [6.07, 6.45) is 3.02. The Bertz CT molecular complexity index is 440.